The van der Waals surface area contributed by atoms with Gasteiger partial charge in [0.2, 0.25) is 5.91 Å². The molecule has 1 atom stereocenters. The van der Waals surface area contributed by atoms with Gasteiger partial charge in [-0.1, -0.05) is 41.9 Å². The Morgan fingerprint density at radius 1 is 1.06 bits per heavy atom. The molecule has 3 amide bonds. The first-order valence-corrected chi connectivity index (χ1v) is 12.6. The third-order valence-electron chi connectivity index (χ3n) is 6.99. The highest BCUT2D eigenvalue weighted by Gasteiger charge is 2.37. The van der Waals surface area contributed by atoms with Gasteiger partial charge >= 0.3 is 6.03 Å². The molecule has 0 N–H and O–H groups in total. The summed E-state index contributed by atoms with van der Waals surface area (Å²) in [4.78, 5) is 31.3. The van der Waals surface area contributed by atoms with E-state index < -0.39 is 0 Å². The van der Waals surface area contributed by atoms with Crippen LogP contribution in [0.15, 0.2) is 48.5 Å². The molecule has 0 aliphatic carbocycles. The van der Waals surface area contributed by atoms with Gasteiger partial charge in [0.05, 0.1) is 19.2 Å². The molecule has 2 aliphatic heterocycles. The van der Waals surface area contributed by atoms with Crippen molar-refractivity contribution in [2.75, 3.05) is 33.3 Å². The van der Waals surface area contributed by atoms with Crippen LogP contribution in [0.5, 0.6) is 5.75 Å². The van der Waals surface area contributed by atoms with Crippen LogP contribution in [0, 0.1) is 5.92 Å². The molecule has 0 spiro atoms. The van der Waals surface area contributed by atoms with E-state index >= 15 is 0 Å². The highest BCUT2D eigenvalue weighted by molar-refractivity contribution is 6.31. The topological polar surface area (TPSA) is 53.1 Å². The molecule has 2 fully saturated rings. The Morgan fingerprint density at radius 3 is 2.50 bits per heavy atom. The minimum atomic E-state index is -0.205. The first-order chi connectivity index (χ1) is 16.4. The number of halogens is 1. The number of likely N-dealkylation sites (tertiary alicyclic amines) is 1. The van der Waals surface area contributed by atoms with Crippen LogP contribution in [-0.2, 0) is 17.8 Å². The number of hydrogen-bond donors (Lipinski definition) is 0. The van der Waals surface area contributed by atoms with Crippen LogP contribution in [0.25, 0.3) is 0 Å². The highest BCUT2D eigenvalue weighted by Crippen LogP contribution is 2.29. The predicted octanol–water partition coefficient (Wildman–Crippen LogP) is 4.85. The number of rotatable bonds is 8. The van der Waals surface area contributed by atoms with Gasteiger partial charge in [-0.3, -0.25) is 9.69 Å². The molecule has 2 aromatic rings. The first kappa shape index (κ1) is 24.6. The number of carbonyl (C=O) groups is 2. The number of hydrogen-bond acceptors (Lipinski definition) is 4. The van der Waals surface area contributed by atoms with Crippen LogP contribution in [0.1, 0.15) is 37.3 Å². The van der Waals surface area contributed by atoms with Crippen LogP contribution >= 0.6 is 11.6 Å². The summed E-state index contributed by atoms with van der Waals surface area (Å²) in [5.41, 5.74) is 2.11. The molecule has 1 unspecified atom stereocenters. The van der Waals surface area contributed by atoms with Gasteiger partial charge < -0.3 is 14.5 Å². The lowest BCUT2D eigenvalue weighted by Crippen LogP contribution is -2.58. The van der Waals surface area contributed by atoms with Crippen LogP contribution in [0.3, 0.4) is 0 Å². The van der Waals surface area contributed by atoms with Crippen molar-refractivity contribution in [3.63, 3.8) is 0 Å². The average Bonchev–Trinajstić information content (AvgIpc) is 2.84. The van der Waals surface area contributed by atoms with E-state index in [0.29, 0.717) is 25.5 Å². The van der Waals surface area contributed by atoms with Crippen LogP contribution in [0.2, 0.25) is 5.02 Å². The summed E-state index contributed by atoms with van der Waals surface area (Å²) >= 11 is 6.44. The molecule has 2 aromatic carbocycles. The van der Waals surface area contributed by atoms with E-state index in [1.54, 1.807) is 4.90 Å². The second kappa shape index (κ2) is 11.2. The van der Waals surface area contributed by atoms with Crippen molar-refractivity contribution < 1.29 is 14.3 Å². The maximum Gasteiger partial charge on any atom is 0.327 e. The third-order valence-corrected chi connectivity index (χ3v) is 7.36. The summed E-state index contributed by atoms with van der Waals surface area (Å²) in [5.74, 6) is 1.35. The van der Waals surface area contributed by atoms with E-state index in [2.05, 4.69) is 11.0 Å². The quantitative estimate of drug-likeness (QED) is 0.538. The second-order valence-corrected chi connectivity index (χ2v) is 9.76. The van der Waals surface area contributed by atoms with Crippen molar-refractivity contribution in [3.05, 3.63) is 64.7 Å². The number of piperidine rings is 1. The molecule has 6 nitrogen and oxygen atoms in total. The van der Waals surface area contributed by atoms with Crippen molar-refractivity contribution in [2.45, 2.75) is 45.2 Å². The Hall–Kier alpha value is -2.57. The minimum absolute atomic E-state index is 0.0825. The standard InChI is InChI=1S/C27H34ClN3O3/c1-3-34-24-9-10-25(28)22(16-24)15-20-11-13-30(14-12-20)19-23-17-26(32)31(27(33)29(23)2)18-21-7-5-4-6-8-21/h4-10,16,20,23H,3,11-15,17-19H2,1-2H3. The Bertz CT molecular complexity index is 992. The van der Waals surface area contributed by atoms with Crippen LogP contribution in [0.4, 0.5) is 4.79 Å². The second-order valence-electron chi connectivity index (χ2n) is 9.35. The average molecular weight is 484 g/mol. The lowest BCUT2D eigenvalue weighted by molar-refractivity contribution is -0.133. The number of imide groups is 1. The van der Waals surface area contributed by atoms with Crippen molar-refractivity contribution in [2.24, 2.45) is 5.92 Å². The Kier molecular flexibility index (Phi) is 8.11. The maximum atomic E-state index is 12.9. The molecule has 7 heteroatoms. The molecule has 0 saturated carbocycles. The molecule has 2 heterocycles. The fraction of sp³-hybridized carbons (Fsp3) is 0.481. The van der Waals surface area contributed by atoms with Gasteiger partial charge in [-0.05, 0) is 74.5 Å². The SMILES string of the molecule is CCOc1ccc(Cl)c(CC2CCN(CC3CC(=O)N(Cc4ccccc4)C(=O)N3C)CC2)c1. The molecule has 34 heavy (non-hydrogen) atoms. The number of carbonyl (C=O) groups excluding carboxylic acids is 2. The number of urea groups is 1. The summed E-state index contributed by atoms with van der Waals surface area (Å²) in [6.07, 6.45) is 3.47. The van der Waals surface area contributed by atoms with Crippen LogP contribution in [-0.4, -0.2) is 66.0 Å². The molecule has 2 saturated heterocycles. The van der Waals surface area contributed by atoms with E-state index in [1.165, 1.54) is 4.90 Å². The fourth-order valence-electron chi connectivity index (χ4n) is 4.96. The van der Waals surface area contributed by atoms with Crippen molar-refractivity contribution in [3.8, 4) is 5.75 Å². The first-order valence-electron chi connectivity index (χ1n) is 12.2. The maximum absolute atomic E-state index is 12.9. The number of nitrogens with zero attached hydrogens (tertiary/aromatic N) is 3. The number of ether oxygens (including phenoxy) is 1. The predicted molar refractivity (Wildman–Crippen MR) is 134 cm³/mol. The Morgan fingerprint density at radius 2 is 1.79 bits per heavy atom. The summed E-state index contributed by atoms with van der Waals surface area (Å²) < 4.78 is 5.63. The molecule has 0 bridgehead atoms. The van der Waals surface area contributed by atoms with Crippen molar-refractivity contribution in [1.29, 1.82) is 0 Å². The van der Waals surface area contributed by atoms with E-state index in [0.717, 1.165) is 60.8 Å². The summed E-state index contributed by atoms with van der Waals surface area (Å²) in [5, 5.41) is 0.798. The number of amides is 3. The number of likely N-dealkylation sites (N-methyl/N-ethyl adjacent to an activating group) is 1. The zero-order valence-corrected chi connectivity index (χ0v) is 20.8. The van der Waals surface area contributed by atoms with Crippen molar-refractivity contribution >= 4 is 23.5 Å². The monoisotopic (exact) mass is 483 g/mol. The van der Waals surface area contributed by atoms with E-state index in [9.17, 15) is 9.59 Å². The van der Waals surface area contributed by atoms with Gasteiger partial charge in [-0.15, -0.1) is 0 Å². The van der Waals surface area contributed by atoms with E-state index in [4.69, 9.17) is 16.3 Å². The largest absolute Gasteiger partial charge is 0.494 e. The normalized spacial score (nSPS) is 20.1. The Balaban J connectivity index is 1.28. The molecular formula is C27H34ClN3O3. The number of benzene rings is 2. The Labute approximate surface area is 207 Å². The molecule has 0 radical (unpaired) electrons. The molecule has 2 aliphatic rings. The summed E-state index contributed by atoms with van der Waals surface area (Å²) in [6, 6.07) is 15.3. The lowest BCUT2D eigenvalue weighted by Gasteiger charge is -2.41. The molecule has 4 rings (SSSR count). The van der Waals surface area contributed by atoms with E-state index in [-0.39, 0.29) is 18.0 Å². The zero-order valence-electron chi connectivity index (χ0n) is 20.1. The fourth-order valence-corrected chi connectivity index (χ4v) is 5.15. The van der Waals surface area contributed by atoms with Crippen molar-refractivity contribution in [1.82, 2.24) is 14.7 Å². The third kappa shape index (κ3) is 5.91. The lowest BCUT2D eigenvalue weighted by atomic mass is 9.89. The van der Waals surface area contributed by atoms with Gasteiger partial charge in [-0.25, -0.2) is 4.79 Å². The molecular weight excluding hydrogens is 450 g/mol. The summed E-state index contributed by atoms with van der Waals surface area (Å²) in [6.45, 7) is 5.62. The smallest absolute Gasteiger partial charge is 0.327 e. The molecule has 182 valence electrons. The zero-order chi connectivity index (χ0) is 24.1. The molecule has 0 aromatic heterocycles. The van der Waals surface area contributed by atoms with Crippen LogP contribution < -0.4 is 4.74 Å². The highest BCUT2D eigenvalue weighted by atomic mass is 35.5. The summed E-state index contributed by atoms with van der Waals surface area (Å²) in [7, 11) is 1.82. The van der Waals surface area contributed by atoms with Gasteiger partial charge in [0.25, 0.3) is 0 Å². The minimum Gasteiger partial charge on any atom is -0.494 e. The van der Waals surface area contributed by atoms with Gasteiger partial charge in [0.15, 0.2) is 0 Å². The van der Waals surface area contributed by atoms with Gasteiger partial charge in [0, 0.05) is 25.0 Å². The van der Waals surface area contributed by atoms with E-state index in [1.807, 2.05) is 56.4 Å². The van der Waals surface area contributed by atoms with Gasteiger partial charge in [-0.2, -0.15) is 0 Å². The van der Waals surface area contributed by atoms with Gasteiger partial charge in [0.1, 0.15) is 5.75 Å².